The molecule has 0 aliphatic carbocycles. The molecule has 1 heterocycles. The third kappa shape index (κ3) is 1.92. The van der Waals surface area contributed by atoms with Crippen molar-refractivity contribution in [3.63, 3.8) is 0 Å². The number of nitrogens with one attached hydrogen (secondary N) is 1. The van der Waals surface area contributed by atoms with Gasteiger partial charge in [0.25, 0.3) is 0 Å². The van der Waals surface area contributed by atoms with Crippen LogP contribution in [0.1, 0.15) is 19.4 Å². The number of hydrazone groups is 1. The number of aliphatic carboxylic acids is 1. The number of phenolic OH excluding ortho intramolecular Hbond substituents is 1. The minimum atomic E-state index is -1.02. The highest BCUT2D eigenvalue weighted by Gasteiger charge is 2.45. The predicted molar refractivity (Wildman–Crippen MR) is 69.2 cm³/mol. The van der Waals surface area contributed by atoms with Gasteiger partial charge in [-0.15, -0.1) is 5.10 Å². The Bertz CT molecular complexity index is 546. The van der Waals surface area contributed by atoms with Crippen LogP contribution in [0.4, 0.5) is 0 Å². The van der Waals surface area contributed by atoms with Crippen LogP contribution < -0.4 is 11.2 Å². The third-order valence-corrected chi connectivity index (χ3v) is 3.29. The maximum absolute atomic E-state index is 11.2. The minimum absolute atomic E-state index is 0.0463. The number of carbonyl (C=O) groups is 1. The first kappa shape index (κ1) is 13.0. The molecule has 7 nitrogen and oxygen atoms in total. The van der Waals surface area contributed by atoms with E-state index in [4.69, 9.17) is 10.8 Å². The number of hydrogen-bond donors (Lipinski definition) is 4. The zero-order valence-electron chi connectivity index (χ0n) is 10.7. The zero-order chi connectivity index (χ0) is 14.2. The Balaban J connectivity index is 2.49. The fourth-order valence-electron chi connectivity index (χ4n) is 2.27. The maximum Gasteiger partial charge on any atom is 0.326 e. The highest BCUT2D eigenvalue weighted by Crippen LogP contribution is 2.35. The van der Waals surface area contributed by atoms with Crippen molar-refractivity contribution in [3.05, 3.63) is 29.8 Å². The maximum atomic E-state index is 11.2. The van der Waals surface area contributed by atoms with Crippen molar-refractivity contribution >= 4 is 11.9 Å². The van der Waals surface area contributed by atoms with Crippen LogP contribution in [0.2, 0.25) is 0 Å². The molecule has 2 atom stereocenters. The molecule has 0 saturated carbocycles. The summed E-state index contributed by atoms with van der Waals surface area (Å²) in [5.74, 6) is -0.908. The summed E-state index contributed by atoms with van der Waals surface area (Å²) in [6.45, 7) is 3.22. The number of rotatable bonds is 3. The lowest BCUT2D eigenvalue weighted by atomic mass is 9.98. The second-order valence-corrected chi connectivity index (χ2v) is 4.56. The largest absolute Gasteiger partial charge is 0.508 e. The number of hydrogen-bond acceptors (Lipinski definition) is 6. The fourth-order valence-corrected chi connectivity index (χ4v) is 2.27. The molecule has 102 valence electrons. The number of guanidine groups is 1. The summed E-state index contributed by atoms with van der Waals surface area (Å²) in [6, 6.07) is 5.77. The second kappa shape index (κ2) is 4.34. The molecular formula is C12H16N4O3. The Morgan fingerprint density at radius 2 is 2.16 bits per heavy atom. The lowest BCUT2D eigenvalue weighted by Crippen LogP contribution is -2.56. The van der Waals surface area contributed by atoms with Gasteiger partial charge in [-0.3, -0.25) is 10.3 Å². The van der Waals surface area contributed by atoms with Crippen LogP contribution in [0.25, 0.3) is 0 Å². The van der Waals surface area contributed by atoms with Crippen LogP contribution >= 0.6 is 0 Å². The molecule has 0 bridgehead atoms. The van der Waals surface area contributed by atoms with E-state index in [-0.39, 0.29) is 11.7 Å². The first-order chi connectivity index (χ1) is 8.88. The first-order valence-corrected chi connectivity index (χ1v) is 5.79. The van der Waals surface area contributed by atoms with E-state index < -0.39 is 17.7 Å². The van der Waals surface area contributed by atoms with Crippen molar-refractivity contribution in [2.24, 2.45) is 10.8 Å². The van der Waals surface area contributed by atoms with Gasteiger partial charge in [-0.2, -0.15) is 0 Å². The summed E-state index contributed by atoms with van der Waals surface area (Å²) < 4.78 is 0. The van der Waals surface area contributed by atoms with E-state index in [0.717, 1.165) is 0 Å². The number of para-hydroxylation sites is 1. The van der Waals surface area contributed by atoms with Crippen molar-refractivity contribution in [2.75, 3.05) is 0 Å². The van der Waals surface area contributed by atoms with E-state index in [2.05, 4.69) is 10.5 Å². The van der Waals surface area contributed by atoms with E-state index in [9.17, 15) is 9.90 Å². The number of carboxylic acids is 1. The highest BCUT2D eigenvalue weighted by molar-refractivity contribution is 5.86. The number of nitrogens with two attached hydrogens (primary N) is 1. The van der Waals surface area contributed by atoms with Crippen LogP contribution in [0, 0.1) is 0 Å². The standard InChI is InChI=1S/C12H16N4O3/c1-7(10(18)19)16-11(13)14-15-12(16,2)8-5-3-4-6-9(8)17/h3-7,15,17H,1-2H3,(H2,13,14)(H,18,19). The molecule has 0 saturated heterocycles. The van der Waals surface area contributed by atoms with Gasteiger partial charge in [0, 0.05) is 5.56 Å². The van der Waals surface area contributed by atoms with Gasteiger partial charge in [0.1, 0.15) is 11.8 Å². The molecule has 0 spiro atoms. The quantitative estimate of drug-likeness (QED) is 0.619. The molecule has 1 aromatic rings. The van der Waals surface area contributed by atoms with Crippen LogP contribution in [-0.2, 0) is 10.5 Å². The van der Waals surface area contributed by atoms with Crippen molar-refractivity contribution < 1.29 is 15.0 Å². The topological polar surface area (TPSA) is 111 Å². The van der Waals surface area contributed by atoms with Crippen LogP contribution in [0.3, 0.4) is 0 Å². The van der Waals surface area contributed by atoms with E-state index >= 15 is 0 Å². The van der Waals surface area contributed by atoms with Gasteiger partial charge >= 0.3 is 5.97 Å². The molecular weight excluding hydrogens is 248 g/mol. The molecule has 2 unspecified atom stereocenters. The van der Waals surface area contributed by atoms with Crippen LogP contribution in [-0.4, -0.2) is 33.1 Å². The Hall–Kier alpha value is -2.44. The van der Waals surface area contributed by atoms with E-state index in [0.29, 0.717) is 5.56 Å². The number of phenols is 1. The van der Waals surface area contributed by atoms with Gasteiger partial charge in [0.2, 0.25) is 5.96 Å². The molecule has 5 N–H and O–H groups in total. The number of nitrogens with zero attached hydrogens (tertiary/aromatic N) is 2. The zero-order valence-corrected chi connectivity index (χ0v) is 10.7. The molecule has 2 rings (SSSR count). The molecule has 0 aromatic heterocycles. The van der Waals surface area contributed by atoms with E-state index in [1.54, 1.807) is 25.1 Å². The van der Waals surface area contributed by atoms with Gasteiger partial charge in [0.05, 0.1) is 0 Å². The normalized spacial score (nSPS) is 23.7. The monoisotopic (exact) mass is 264 g/mol. The molecule has 1 aliphatic heterocycles. The molecule has 19 heavy (non-hydrogen) atoms. The Morgan fingerprint density at radius 1 is 1.53 bits per heavy atom. The summed E-state index contributed by atoms with van der Waals surface area (Å²) in [6.07, 6.45) is 0. The lowest BCUT2D eigenvalue weighted by molar-refractivity contribution is -0.143. The first-order valence-electron chi connectivity index (χ1n) is 5.79. The molecule has 0 radical (unpaired) electrons. The summed E-state index contributed by atoms with van der Waals surface area (Å²) in [5, 5.41) is 23.0. The molecule has 1 aromatic carbocycles. The summed E-state index contributed by atoms with van der Waals surface area (Å²) >= 11 is 0. The van der Waals surface area contributed by atoms with Crippen LogP contribution in [0.15, 0.2) is 29.4 Å². The van der Waals surface area contributed by atoms with Gasteiger partial charge in [-0.25, -0.2) is 4.79 Å². The van der Waals surface area contributed by atoms with Crippen molar-refractivity contribution in [3.8, 4) is 5.75 Å². The smallest absolute Gasteiger partial charge is 0.326 e. The number of aromatic hydroxyl groups is 1. The molecule has 0 fully saturated rings. The second-order valence-electron chi connectivity index (χ2n) is 4.56. The van der Waals surface area contributed by atoms with Crippen molar-refractivity contribution in [1.82, 2.24) is 10.3 Å². The van der Waals surface area contributed by atoms with E-state index in [1.807, 2.05) is 0 Å². The molecule has 7 heteroatoms. The highest BCUT2D eigenvalue weighted by atomic mass is 16.4. The summed E-state index contributed by atoms with van der Waals surface area (Å²) in [5.41, 5.74) is 8.04. The minimum Gasteiger partial charge on any atom is -0.508 e. The Morgan fingerprint density at radius 3 is 2.74 bits per heavy atom. The number of carboxylic acid groups (broad SMARTS) is 1. The molecule has 0 amide bonds. The Labute approximate surface area is 110 Å². The fraction of sp³-hybridized carbons (Fsp3) is 0.333. The number of benzene rings is 1. The summed E-state index contributed by atoms with van der Waals surface area (Å²) in [7, 11) is 0. The van der Waals surface area contributed by atoms with Gasteiger partial charge in [-0.1, -0.05) is 18.2 Å². The van der Waals surface area contributed by atoms with E-state index in [1.165, 1.54) is 17.9 Å². The van der Waals surface area contributed by atoms with Gasteiger partial charge in [-0.05, 0) is 19.9 Å². The third-order valence-electron chi connectivity index (χ3n) is 3.29. The van der Waals surface area contributed by atoms with Gasteiger partial charge < -0.3 is 15.9 Å². The van der Waals surface area contributed by atoms with Crippen molar-refractivity contribution in [2.45, 2.75) is 25.6 Å². The SMILES string of the molecule is CC(C(=O)O)N1C(N)=NNC1(C)c1ccccc1O. The van der Waals surface area contributed by atoms with Gasteiger partial charge in [0.15, 0.2) is 5.66 Å². The Kier molecular flexibility index (Phi) is 2.97. The average molecular weight is 264 g/mol. The van der Waals surface area contributed by atoms with Crippen LogP contribution in [0.5, 0.6) is 5.75 Å². The predicted octanol–water partition coefficient (Wildman–Crippen LogP) is 0.173. The van der Waals surface area contributed by atoms with Crippen molar-refractivity contribution in [1.29, 1.82) is 0 Å². The average Bonchev–Trinajstić information content (AvgIpc) is 2.66. The lowest BCUT2D eigenvalue weighted by Gasteiger charge is -2.38. The molecule has 1 aliphatic rings. The summed E-state index contributed by atoms with van der Waals surface area (Å²) in [4.78, 5) is 12.6.